The Balaban J connectivity index is 2.23. The van der Waals surface area contributed by atoms with E-state index in [0.717, 1.165) is 38.2 Å². The highest BCUT2D eigenvalue weighted by Gasteiger charge is 2.41. The van der Waals surface area contributed by atoms with Crippen molar-refractivity contribution in [2.45, 2.75) is 31.4 Å². The second-order valence-electron chi connectivity index (χ2n) is 4.39. The summed E-state index contributed by atoms with van der Waals surface area (Å²) in [5.74, 6) is 0. The molecule has 1 N–H and O–H groups in total. The molecule has 0 radical (unpaired) electrons. The van der Waals surface area contributed by atoms with E-state index in [2.05, 4.69) is 5.32 Å². The van der Waals surface area contributed by atoms with Crippen molar-refractivity contribution in [2.75, 3.05) is 26.9 Å². The summed E-state index contributed by atoms with van der Waals surface area (Å²) >= 11 is 0. The van der Waals surface area contributed by atoms with Crippen LogP contribution in [0, 0.1) is 0 Å². The minimum Gasteiger partial charge on any atom is -0.472 e. The van der Waals surface area contributed by atoms with Crippen molar-refractivity contribution < 1.29 is 13.9 Å². The second-order valence-corrected chi connectivity index (χ2v) is 4.39. The molecule has 1 aromatic rings. The largest absolute Gasteiger partial charge is 0.472 e. The molecule has 1 aliphatic heterocycles. The zero-order chi connectivity index (χ0) is 12.1. The average Bonchev–Trinajstić information content (AvgIpc) is 2.85. The molecule has 4 nitrogen and oxygen atoms in total. The minimum atomic E-state index is -0.175. The van der Waals surface area contributed by atoms with E-state index in [9.17, 15) is 0 Å². The van der Waals surface area contributed by atoms with Gasteiger partial charge in [-0.2, -0.15) is 0 Å². The van der Waals surface area contributed by atoms with Crippen molar-refractivity contribution in [3.05, 3.63) is 24.2 Å². The summed E-state index contributed by atoms with van der Waals surface area (Å²) in [6.07, 6.45) is 5.32. The molecular weight excluding hydrogens is 218 g/mol. The van der Waals surface area contributed by atoms with Crippen LogP contribution in [0.2, 0.25) is 0 Å². The molecule has 17 heavy (non-hydrogen) atoms. The van der Waals surface area contributed by atoms with Gasteiger partial charge < -0.3 is 19.2 Å². The van der Waals surface area contributed by atoms with Gasteiger partial charge >= 0.3 is 0 Å². The first-order valence-electron chi connectivity index (χ1n) is 6.23. The molecule has 0 aliphatic carbocycles. The lowest BCUT2D eigenvalue weighted by atomic mass is 9.83. The van der Waals surface area contributed by atoms with Crippen LogP contribution in [0.3, 0.4) is 0 Å². The van der Waals surface area contributed by atoms with Crippen LogP contribution in [-0.2, 0) is 9.47 Å². The first kappa shape index (κ1) is 12.6. The van der Waals surface area contributed by atoms with E-state index in [1.807, 2.05) is 20.0 Å². The summed E-state index contributed by atoms with van der Waals surface area (Å²) in [6, 6.07) is 2.15. The fourth-order valence-corrected chi connectivity index (χ4v) is 2.69. The average molecular weight is 239 g/mol. The van der Waals surface area contributed by atoms with Crippen molar-refractivity contribution in [1.82, 2.24) is 5.32 Å². The summed E-state index contributed by atoms with van der Waals surface area (Å²) in [7, 11) is 1.97. The molecule has 96 valence electrons. The van der Waals surface area contributed by atoms with Crippen molar-refractivity contribution in [3.63, 3.8) is 0 Å². The van der Waals surface area contributed by atoms with Gasteiger partial charge in [-0.05, 0) is 20.0 Å². The number of hydrogen-bond acceptors (Lipinski definition) is 4. The normalized spacial score (nSPS) is 21.3. The SMILES string of the molecule is CCOC1(C(NC)c2ccoc2)CCOCC1. The number of furan rings is 1. The van der Waals surface area contributed by atoms with Crippen molar-refractivity contribution in [1.29, 1.82) is 0 Å². The van der Waals surface area contributed by atoms with Gasteiger partial charge in [0.05, 0.1) is 24.2 Å². The molecule has 4 heteroatoms. The van der Waals surface area contributed by atoms with E-state index in [1.54, 1.807) is 12.5 Å². The van der Waals surface area contributed by atoms with Crippen molar-refractivity contribution in [2.24, 2.45) is 0 Å². The molecule has 2 rings (SSSR count). The molecule has 1 unspecified atom stereocenters. The first-order chi connectivity index (χ1) is 8.32. The summed E-state index contributed by atoms with van der Waals surface area (Å²) in [5.41, 5.74) is 0.967. The molecule has 2 heterocycles. The number of rotatable bonds is 5. The lowest BCUT2D eigenvalue weighted by molar-refractivity contribution is -0.127. The lowest BCUT2D eigenvalue weighted by Gasteiger charge is -2.42. The standard InChI is InChI=1S/C13H21NO3/c1-3-17-13(5-8-15-9-6-13)12(14-2)11-4-7-16-10-11/h4,7,10,12,14H,3,5-6,8-9H2,1-2H3. The van der Waals surface area contributed by atoms with Gasteiger partial charge in [-0.1, -0.05) is 0 Å². The Morgan fingerprint density at radius 3 is 2.76 bits per heavy atom. The van der Waals surface area contributed by atoms with Gasteiger partial charge in [0, 0.05) is 38.2 Å². The number of likely N-dealkylation sites (N-methyl/N-ethyl adjacent to an activating group) is 1. The molecule has 1 aliphatic rings. The fraction of sp³-hybridized carbons (Fsp3) is 0.692. The van der Waals surface area contributed by atoms with Crippen LogP contribution in [0.1, 0.15) is 31.4 Å². The fourth-order valence-electron chi connectivity index (χ4n) is 2.69. The summed E-state index contributed by atoms with van der Waals surface area (Å²) in [6.45, 7) is 4.28. The maximum Gasteiger partial charge on any atom is 0.0951 e. The molecular formula is C13H21NO3. The van der Waals surface area contributed by atoms with Crippen LogP contribution < -0.4 is 5.32 Å². The zero-order valence-electron chi connectivity index (χ0n) is 10.6. The molecule has 0 aromatic carbocycles. The number of nitrogens with one attached hydrogen (secondary N) is 1. The highest BCUT2D eigenvalue weighted by Crippen LogP contribution is 2.37. The van der Waals surface area contributed by atoms with E-state index < -0.39 is 0 Å². The van der Waals surface area contributed by atoms with Crippen LogP contribution in [0.15, 0.2) is 23.0 Å². The number of hydrogen-bond donors (Lipinski definition) is 1. The minimum absolute atomic E-state index is 0.157. The summed E-state index contributed by atoms with van der Waals surface area (Å²) < 4.78 is 16.7. The van der Waals surface area contributed by atoms with E-state index in [1.165, 1.54) is 0 Å². The molecule has 1 saturated heterocycles. The Morgan fingerprint density at radius 2 is 2.24 bits per heavy atom. The van der Waals surface area contributed by atoms with Gasteiger partial charge in [0.2, 0.25) is 0 Å². The van der Waals surface area contributed by atoms with E-state index in [-0.39, 0.29) is 11.6 Å². The smallest absolute Gasteiger partial charge is 0.0951 e. The molecule has 0 amide bonds. The molecule has 0 bridgehead atoms. The Morgan fingerprint density at radius 1 is 1.47 bits per heavy atom. The van der Waals surface area contributed by atoms with Crippen LogP contribution >= 0.6 is 0 Å². The topological polar surface area (TPSA) is 43.6 Å². The molecule has 0 saturated carbocycles. The van der Waals surface area contributed by atoms with Gasteiger partial charge in [-0.15, -0.1) is 0 Å². The molecule has 1 atom stereocenters. The zero-order valence-corrected chi connectivity index (χ0v) is 10.6. The molecule has 1 aromatic heterocycles. The lowest BCUT2D eigenvalue weighted by Crippen LogP contribution is -2.49. The Labute approximate surface area is 102 Å². The Hall–Kier alpha value is -0.840. The van der Waals surface area contributed by atoms with Gasteiger partial charge in [0.25, 0.3) is 0 Å². The quantitative estimate of drug-likeness (QED) is 0.854. The monoisotopic (exact) mass is 239 g/mol. The Bertz CT molecular complexity index is 312. The van der Waals surface area contributed by atoms with Gasteiger partial charge in [-0.3, -0.25) is 0 Å². The van der Waals surface area contributed by atoms with E-state index >= 15 is 0 Å². The maximum absolute atomic E-state index is 6.06. The number of ether oxygens (including phenoxy) is 2. The predicted octanol–water partition coefficient (Wildman–Crippen LogP) is 2.13. The van der Waals surface area contributed by atoms with Crippen LogP contribution in [0.25, 0.3) is 0 Å². The second kappa shape index (κ2) is 5.67. The van der Waals surface area contributed by atoms with E-state index in [0.29, 0.717) is 0 Å². The first-order valence-corrected chi connectivity index (χ1v) is 6.23. The maximum atomic E-state index is 6.06. The third-order valence-corrected chi connectivity index (χ3v) is 3.46. The highest BCUT2D eigenvalue weighted by molar-refractivity contribution is 5.17. The van der Waals surface area contributed by atoms with Gasteiger partial charge in [0.15, 0.2) is 0 Å². The summed E-state index contributed by atoms with van der Waals surface area (Å²) in [5, 5.41) is 3.36. The molecule has 0 spiro atoms. The van der Waals surface area contributed by atoms with Crippen LogP contribution in [0.4, 0.5) is 0 Å². The predicted molar refractivity (Wildman–Crippen MR) is 64.9 cm³/mol. The third kappa shape index (κ3) is 2.54. The van der Waals surface area contributed by atoms with E-state index in [4.69, 9.17) is 13.9 Å². The van der Waals surface area contributed by atoms with Gasteiger partial charge in [-0.25, -0.2) is 0 Å². The highest BCUT2D eigenvalue weighted by atomic mass is 16.5. The molecule has 1 fully saturated rings. The van der Waals surface area contributed by atoms with Crippen LogP contribution in [-0.4, -0.2) is 32.5 Å². The third-order valence-electron chi connectivity index (χ3n) is 3.46. The van der Waals surface area contributed by atoms with Gasteiger partial charge in [0.1, 0.15) is 0 Å². The Kier molecular flexibility index (Phi) is 4.20. The summed E-state index contributed by atoms with van der Waals surface area (Å²) in [4.78, 5) is 0. The van der Waals surface area contributed by atoms with Crippen molar-refractivity contribution >= 4 is 0 Å². The van der Waals surface area contributed by atoms with Crippen LogP contribution in [0.5, 0.6) is 0 Å². The van der Waals surface area contributed by atoms with Crippen molar-refractivity contribution in [3.8, 4) is 0 Å².